The lowest BCUT2D eigenvalue weighted by Crippen LogP contribution is -2.19. The molecule has 1 aromatic heterocycles. The molecule has 0 aliphatic heterocycles. The number of nitrogens with zero attached hydrogens (tertiary/aromatic N) is 1. The number of carbonyl (C=O) groups excluding carboxylic acids is 1. The first-order chi connectivity index (χ1) is 8.67. The van der Waals surface area contributed by atoms with Crippen molar-refractivity contribution >= 4 is 11.6 Å². The number of carbonyl (C=O) groups is 1. The second kappa shape index (κ2) is 7.66. The van der Waals surface area contributed by atoms with Gasteiger partial charge < -0.3 is 15.6 Å². The smallest absolute Gasteiger partial charge is 0.250 e. The summed E-state index contributed by atoms with van der Waals surface area (Å²) < 4.78 is 1.56. The van der Waals surface area contributed by atoms with Crippen molar-refractivity contribution in [2.24, 2.45) is 5.73 Å². The Morgan fingerprint density at radius 2 is 2.11 bits per heavy atom. The molecule has 0 fully saturated rings. The molecule has 100 valence electrons. The van der Waals surface area contributed by atoms with Gasteiger partial charge in [0.25, 0.3) is 5.56 Å². The summed E-state index contributed by atoms with van der Waals surface area (Å²) in [7, 11) is 0. The zero-order valence-electron chi connectivity index (χ0n) is 10.8. The van der Waals surface area contributed by atoms with Crippen LogP contribution in [0.15, 0.2) is 23.1 Å². The third-order valence-corrected chi connectivity index (χ3v) is 2.72. The van der Waals surface area contributed by atoms with E-state index >= 15 is 0 Å². The maximum Gasteiger partial charge on any atom is 0.250 e. The Bertz CT molecular complexity index is 440. The molecule has 18 heavy (non-hydrogen) atoms. The minimum absolute atomic E-state index is 0.0201. The molecule has 5 heteroatoms. The van der Waals surface area contributed by atoms with E-state index in [0.717, 1.165) is 19.3 Å². The number of aryl methyl sites for hydroxylation is 1. The first-order valence-corrected chi connectivity index (χ1v) is 6.37. The van der Waals surface area contributed by atoms with E-state index in [1.54, 1.807) is 16.8 Å². The second-order valence-electron chi connectivity index (χ2n) is 4.19. The molecule has 1 amide bonds. The van der Waals surface area contributed by atoms with Crippen molar-refractivity contribution in [3.8, 4) is 0 Å². The van der Waals surface area contributed by atoms with Crippen molar-refractivity contribution < 1.29 is 4.79 Å². The van der Waals surface area contributed by atoms with E-state index in [9.17, 15) is 9.59 Å². The van der Waals surface area contributed by atoms with Gasteiger partial charge in [0.15, 0.2) is 0 Å². The highest BCUT2D eigenvalue weighted by Crippen LogP contribution is 2.06. The molecule has 0 radical (unpaired) electrons. The van der Waals surface area contributed by atoms with Crippen LogP contribution in [0.2, 0.25) is 0 Å². The van der Waals surface area contributed by atoms with Crippen LogP contribution < -0.4 is 16.6 Å². The summed E-state index contributed by atoms with van der Waals surface area (Å²) in [5.74, 6) is -0.0201. The number of pyridine rings is 1. The molecule has 0 saturated carbocycles. The van der Waals surface area contributed by atoms with Crippen molar-refractivity contribution in [1.29, 1.82) is 0 Å². The fourth-order valence-electron chi connectivity index (χ4n) is 1.68. The number of unbranched alkanes of at least 4 members (excludes halogenated alkanes) is 2. The van der Waals surface area contributed by atoms with Gasteiger partial charge in [-0.15, -0.1) is 0 Å². The van der Waals surface area contributed by atoms with Gasteiger partial charge >= 0.3 is 0 Å². The van der Waals surface area contributed by atoms with Crippen LogP contribution in [0, 0.1) is 0 Å². The Labute approximate surface area is 107 Å². The molecular formula is C13H21N3O2. The molecule has 5 nitrogen and oxygen atoms in total. The topological polar surface area (TPSA) is 77.1 Å². The lowest BCUT2D eigenvalue weighted by Gasteiger charge is -2.07. The van der Waals surface area contributed by atoms with Crippen molar-refractivity contribution in [2.45, 2.75) is 39.2 Å². The average Bonchev–Trinajstić information content (AvgIpc) is 2.37. The van der Waals surface area contributed by atoms with E-state index < -0.39 is 0 Å². The molecule has 0 bridgehead atoms. The molecule has 0 atom stereocenters. The monoisotopic (exact) mass is 251 g/mol. The van der Waals surface area contributed by atoms with Gasteiger partial charge in [0.05, 0.1) is 5.69 Å². The van der Waals surface area contributed by atoms with E-state index in [4.69, 9.17) is 5.73 Å². The molecule has 0 spiro atoms. The molecule has 1 rings (SSSR count). The van der Waals surface area contributed by atoms with Gasteiger partial charge in [-0.05, 0) is 32.4 Å². The highest BCUT2D eigenvalue weighted by molar-refractivity contribution is 5.90. The standard InChI is InChI=1S/C13H21N3O2/c1-2-16-10-11(7-8-13(16)18)15-12(17)6-4-3-5-9-14/h7-8,10H,2-6,9,14H2,1H3,(H,15,17). The Balaban J connectivity index is 2.46. The van der Waals surface area contributed by atoms with E-state index in [2.05, 4.69) is 5.32 Å². The molecule has 0 saturated heterocycles. The van der Waals surface area contributed by atoms with Gasteiger partial charge in [-0.25, -0.2) is 0 Å². The van der Waals surface area contributed by atoms with E-state index in [-0.39, 0.29) is 11.5 Å². The predicted molar refractivity (Wildman–Crippen MR) is 72.5 cm³/mol. The molecule has 1 aromatic rings. The summed E-state index contributed by atoms with van der Waals surface area (Å²) in [6.45, 7) is 3.15. The molecule has 0 aliphatic carbocycles. The second-order valence-corrected chi connectivity index (χ2v) is 4.19. The number of nitrogens with one attached hydrogen (secondary N) is 1. The predicted octanol–water partition coefficient (Wildman–Crippen LogP) is 1.33. The van der Waals surface area contributed by atoms with Gasteiger partial charge in [-0.2, -0.15) is 0 Å². The summed E-state index contributed by atoms with van der Waals surface area (Å²) in [6.07, 6.45) is 4.92. The number of amides is 1. The van der Waals surface area contributed by atoms with Gasteiger partial charge in [0, 0.05) is 25.2 Å². The van der Waals surface area contributed by atoms with Crippen LogP contribution >= 0.6 is 0 Å². The Kier molecular flexibility index (Phi) is 6.14. The lowest BCUT2D eigenvalue weighted by molar-refractivity contribution is -0.116. The quantitative estimate of drug-likeness (QED) is 0.718. The van der Waals surface area contributed by atoms with Crippen molar-refractivity contribution in [2.75, 3.05) is 11.9 Å². The van der Waals surface area contributed by atoms with Crippen LogP contribution in [0.3, 0.4) is 0 Å². The number of hydrogen-bond donors (Lipinski definition) is 2. The van der Waals surface area contributed by atoms with E-state index in [1.807, 2.05) is 6.92 Å². The van der Waals surface area contributed by atoms with E-state index in [0.29, 0.717) is 25.2 Å². The zero-order chi connectivity index (χ0) is 13.4. The van der Waals surface area contributed by atoms with E-state index in [1.165, 1.54) is 6.07 Å². The number of hydrogen-bond acceptors (Lipinski definition) is 3. The van der Waals surface area contributed by atoms with Crippen molar-refractivity contribution in [3.05, 3.63) is 28.7 Å². The van der Waals surface area contributed by atoms with Gasteiger partial charge in [-0.3, -0.25) is 9.59 Å². The van der Waals surface area contributed by atoms with Gasteiger partial charge in [0.1, 0.15) is 0 Å². The Morgan fingerprint density at radius 1 is 1.33 bits per heavy atom. The van der Waals surface area contributed by atoms with Crippen LogP contribution in [-0.4, -0.2) is 17.0 Å². The number of rotatable bonds is 7. The normalized spacial score (nSPS) is 10.3. The summed E-state index contributed by atoms with van der Waals surface area (Å²) in [4.78, 5) is 23.0. The lowest BCUT2D eigenvalue weighted by atomic mass is 10.2. The molecule has 0 unspecified atom stereocenters. The number of nitrogens with two attached hydrogens (primary N) is 1. The van der Waals surface area contributed by atoms with Crippen LogP contribution in [0.25, 0.3) is 0 Å². The molecular weight excluding hydrogens is 230 g/mol. The maximum atomic E-state index is 11.6. The summed E-state index contributed by atoms with van der Waals surface area (Å²) in [5.41, 5.74) is 5.99. The molecule has 3 N–H and O–H groups in total. The van der Waals surface area contributed by atoms with Crippen molar-refractivity contribution in [3.63, 3.8) is 0 Å². The highest BCUT2D eigenvalue weighted by atomic mass is 16.1. The fourth-order valence-corrected chi connectivity index (χ4v) is 1.68. The first kappa shape index (κ1) is 14.4. The highest BCUT2D eigenvalue weighted by Gasteiger charge is 2.03. The minimum Gasteiger partial charge on any atom is -0.330 e. The van der Waals surface area contributed by atoms with Crippen LogP contribution in [0.5, 0.6) is 0 Å². The minimum atomic E-state index is -0.0570. The third kappa shape index (κ3) is 4.71. The van der Waals surface area contributed by atoms with Crippen LogP contribution in [0.1, 0.15) is 32.6 Å². The summed E-state index contributed by atoms with van der Waals surface area (Å²) in [6, 6.07) is 3.10. The third-order valence-electron chi connectivity index (χ3n) is 2.72. The fraction of sp³-hybridized carbons (Fsp3) is 0.538. The SMILES string of the molecule is CCn1cc(NC(=O)CCCCCN)ccc1=O. The molecule has 0 aromatic carbocycles. The summed E-state index contributed by atoms with van der Waals surface area (Å²) >= 11 is 0. The largest absolute Gasteiger partial charge is 0.330 e. The van der Waals surface area contributed by atoms with Crippen molar-refractivity contribution in [1.82, 2.24) is 4.57 Å². The Hall–Kier alpha value is -1.62. The van der Waals surface area contributed by atoms with Gasteiger partial charge in [-0.1, -0.05) is 6.42 Å². The van der Waals surface area contributed by atoms with Crippen LogP contribution in [0.4, 0.5) is 5.69 Å². The van der Waals surface area contributed by atoms with Crippen LogP contribution in [-0.2, 0) is 11.3 Å². The number of anilines is 1. The zero-order valence-corrected chi connectivity index (χ0v) is 10.8. The number of aromatic nitrogens is 1. The molecule has 1 heterocycles. The Morgan fingerprint density at radius 3 is 2.78 bits per heavy atom. The summed E-state index contributed by atoms with van der Waals surface area (Å²) in [5, 5.41) is 2.79. The average molecular weight is 251 g/mol. The maximum absolute atomic E-state index is 11.6. The first-order valence-electron chi connectivity index (χ1n) is 6.37. The molecule has 0 aliphatic rings. The van der Waals surface area contributed by atoms with Gasteiger partial charge in [0.2, 0.25) is 5.91 Å².